The average Bonchev–Trinajstić information content (AvgIpc) is 2.84. The van der Waals surface area contributed by atoms with E-state index in [0.717, 1.165) is 0 Å². The van der Waals surface area contributed by atoms with Gasteiger partial charge in [-0.15, -0.1) is 0 Å². The van der Waals surface area contributed by atoms with Crippen molar-refractivity contribution in [2.45, 2.75) is 0 Å². The Hall–Kier alpha value is -2.58. The summed E-state index contributed by atoms with van der Waals surface area (Å²) in [5.74, 6) is -2.31. The van der Waals surface area contributed by atoms with E-state index in [-0.39, 0.29) is 41.6 Å². The standard InChI is InChI=1S/C15H15ClN2O6/c1-24-15(23)10-7-18(4-5-19)13(20)12(10)17-8-2-3-9(14(21)22)11(16)6-8/h2-3,6,17,19H,4-5,7H2,1H3,(H,21,22). The number of methoxy groups -OCH3 is 1. The molecule has 0 bridgehead atoms. The molecule has 2 rings (SSSR count). The van der Waals surface area contributed by atoms with Crippen LogP contribution in [0.15, 0.2) is 29.5 Å². The molecule has 1 aromatic rings. The summed E-state index contributed by atoms with van der Waals surface area (Å²) in [4.78, 5) is 36.5. The van der Waals surface area contributed by atoms with Crippen molar-refractivity contribution < 1.29 is 29.3 Å². The number of carboxylic acids is 1. The molecule has 0 saturated heterocycles. The lowest BCUT2D eigenvalue weighted by molar-refractivity contribution is -0.136. The summed E-state index contributed by atoms with van der Waals surface area (Å²) in [7, 11) is 1.20. The van der Waals surface area contributed by atoms with Gasteiger partial charge in [0, 0.05) is 12.2 Å². The lowest BCUT2D eigenvalue weighted by atomic mass is 10.2. The number of hydrogen-bond acceptors (Lipinski definition) is 6. The van der Waals surface area contributed by atoms with Gasteiger partial charge in [0.2, 0.25) is 0 Å². The number of amides is 1. The second kappa shape index (κ2) is 7.33. The maximum Gasteiger partial charge on any atom is 0.337 e. The third-order valence-corrected chi connectivity index (χ3v) is 3.74. The van der Waals surface area contributed by atoms with Gasteiger partial charge >= 0.3 is 11.9 Å². The molecular formula is C15H15ClN2O6. The summed E-state index contributed by atoms with van der Waals surface area (Å²) in [5, 5.41) is 20.7. The molecule has 1 aliphatic heterocycles. The first-order valence-electron chi connectivity index (χ1n) is 6.90. The van der Waals surface area contributed by atoms with Crippen LogP contribution in [-0.2, 0) is 14.3 Å². The molecule has 1 heterocycles. The molecular weight excluding hydrogens is 340 g/mol. The van der Waals surface area contributed by atoms with Crippen LogP contribution in [0, 0.1) is 0 Å². The Balaban J connectivity index is 2.33. The van der Waals surface area contributed by atoms with Gasteiger partial charge < -0.3 is 25.2 Å². The Bertz CT molecular complexity index is 731. The molecule has 3 N–H and O–H groups in total. The number of carbonyl (C=O) groups is 3. The number of nitrogens with zero attached hydrogens (tertiary/aromatic N) is 1. The fourth-order valence-corrected chi connectivity index (χ4v) is 2.52. The van der Waals surface area contributed by atoms with Gasteiger partial charge in [-0.3, -0.25) is 4.79 Å². The Morgan fingerprint density at radius 2 is 2.12 bits per heavy atom. The predicted octanol–water partition coefficient (Wildman–Crippen LogP) is 0.712. The average molecular weight is 355 g/mol. The first-order chi connectivity index (χ1) is 11.4. The molecule has 0 aliphatic carbocycles. The van der Waals surface area contributed by atoms with Crippen LogP contribution >= 0.6 is 11.6 Å². The summed E-state index contributed by atoms with van der Waals surface area (Å²) in [6.45, 7) is -0.162. The second-order valence-electron chi connectivity index (χ2n) is 4.92. The second-order valence-corrected chi connectivity index (χ2v) is 5.33. The minimum atomic E-state index is -1.17. The molecule has 1 amide bonds. The van der Waals surface area contributed by atoms with E-state index in [9.17, 15) is 14.4 Å². The van der Waals surface area contributed by atoms with Crippen molar-refractivity contribution in [3.05, 3.63) is 40.1 Å². The first kappa shape index (κ1) is 17.8. The predicted molar refractivity (Wildman–Crippen MR) is 84.7 cm³/mol. The zero-order chi connectivity index (χ0) is 17.9. The number of benzene rings is 1. The van der Waals surface area contributed by atoms with Crippen molar-refractivity contribution in [3.8, 4) is 0 Å². The molecule has 0 fully saturated rings. The molecule has 0 radical (unpaired) electrons. The van der Waals surface area contributed by atoms with E-state index in [1.807, 2.05) is 0 Å². The highest BCUT2D eigenvalue weighted by atomic mass is 35.5. The summed E-state index contributed by atoms with van der Waals surface area (Å²) >= 11 is 5.89. The van der Waals surface area contributed by atoms with E-state index in [4.69, 9.17) is 21.8 Å². The van der Waals surface area contributed by atoms with Gasteiger partial charge in [-0.05, 0) is 18.2 Å². The van der Waals surface area contributed by atoms with Gasteiger partial charge in [0.25, 0.3) is 5.91 Å². The molecule has 128 valence electrons. The third kappa shape index (κ3) is 3.50. The Morgan fingerprint density at radius 1 is 1.42 bits per heavy atom. The Morgan fingerprint density at radius 3 is 2.67 bits per heavy atom. The van der Waals surface area contributed by atoms with Crippen LogP contribution in [0.5, 0.6) is 0 Å². The molecule has 0 atom stereocenters. The number of esters is 1. The topological polar surface area (TPSA) is 116 Å². The number of aromatic carboxylic acids is 1. The molecule has 1 aromatic carbocycles. The summed E-state index contributed by atoms with van der Waals surface area (Å²) < 4.78 is 4.67. The molecule has 0 saturated carbocycles. The molecule has 8 nitrogen and oxygen atoms in total. The zero-order valence-corrected chi connectivity index (χ0v) is 13.5. The van der Waals surface area contributed by atoms with Crippen LogP contribution in [0.1, 0.15) is 10.4 Å². The number of hydrogen-bond donors (Lipinski definition) is 3. The summed E-state index contributed by atoms with van der Waals surface area (Å²) in [5.41, 5.74) is 0.397. The molecule has 24 heavy (non-hydrogen) atoms. The van der Waals surface area contributed by atoms with Crippen LogP contribution in [0.4, 0.5) is 5.69 Å². The van der Waals surface area contributed by atoms with Gasteiger partial charge in [-0.25, -0.2) is 9.59 Å². The number of aliphatic hydroxyl groups is 1. The normalized spacial score (nSPS) is 14.1. The summed E-state index contributed by atoms with van der Waals surface area (Å²) in [6, 6.07) is 4.06. The number of rotatable bonds is 6. The lowest BCUT2D eigenvalue weighted by Crippen LogP contribution is -2.31. The number of ether oxygens (including phenoxy) is 1. The lowest BCUT2D eigenvalue weighted by Gasteiger charge is -2.15. The zero-order valence-electron chi connectivity index (χ0n) is 12.7. The van der Waals surface area contributed by atoms with Crippen molar-refractivity contribution in [2.75, 3.05) is 32.1 Å². The van der Waals surface area contributed by atoms with E-state index in [0.29, 0.717) is 5.69 Å². The smallest absolute Gasteiger partial charge is 0.337 e. The number of nitrogens with one attached hydrogen (secondary N) is 1. The van der Waals surface area contributed by atoms with Crippen LogP contribution in [0.25, 0.3) is 0 Å². The first-order valence-corrected chi connectivity index (χ1v) is 7.28. The van der Waals surface area contributed by atoms with Gasteiger partial charge in [0.15, 0.2) is 0 Å². The molecule has 1 aliphatic rings. The van der Waals surface area contributed by atoms with Crippen molar-refractivity contribution in [3.63, 3.8) is 0 Å². The fourth-order valence-electron chi connectivity index (χ4n) is 2.26. The number of anilines is 1. The highest BCUT2D eigenvalue weighted by molar-refractivity contribution is 6.33. The number of aliphatic hydroxyl groups excluding tert-OH is 1. The SMILES string of the molecule is COC(=O)C1=C(Nc2ccc(C(=O)O)c(Cl)c2)C(=O)N(CCO)C1. The molecule has 0 aromatic heterocycles. The maximum atomic E-state index is 12.4. The molecule has 0 unspecified atom stereocenters. The highest BCUT2D eigenvalue weighted by Crippen LogP contribution is 2.26. The van der Waals surface area contributed by atoms with Crippen LogP contribution < -0.4 is 5.32 Å². The van der Waals surface area contributed by atoms with E-state index in [1.54, 1.807) is 0 Å². The van der Waals surface area contributed by atoms with Gasteiger partial charge in [0.1, 0.15) is 5.70 Å². The Labute approximate surface area is 142 Å². The number of β-amino-alcohol motifs (C(OH)–C–C–N with tert-alkyl or cyclic N) is 1. The van der Waals surface area contributed by atoms with Crippen molar-refractivity contribution in [2.24, 2.45) is 0 Å². The van der Waals surface area contributed by atoms with Gasteiger partial charge in [-0.2, -0.15) is 0 Å². The largest absolute Gasteiger partial charge is 0.478 e. The van der Waals surface area contributed by atoms with Crippen LogP contribution in [0.2, 0.25) is 5.02 Å². The number of carbonyl (C=O) groups excluding carboxylic acids is 2. The maximum absolute atomic E-state index is 12.4. The van der Waals surface area contributed by atoms with E-state index >= 15 is 0 Å². The van der Waals surface area contributed by atoms with Gasteiger partial charge in [-0.1, -0.05) is 11.6 Å². The van der Waals surface area contributed by atoms with Crippen LogP contribution in [-0.4, -0.2) is 59.8 Å². The monoisotopic (exact) mass is 354 g/mol. The van der Waals surface area contributed by atoms with Gasteiger partial charge in [0.05, 0.1) is 36.4 Å². The minimum absolute atomic E-state index is 0.00874. The van der Waals surface area contributed by atoms with Crippen molar-refractivity contribution in [1.29, 1.82) is 0 Å². The highest BCUT2D eigenvalue weighted by Gasteiger charge is 2.34. The minimum Gasteiger partial charge on any atom is -0.478 e. The van der Waals surface area contributed by atoms with Crippen LogP contribution in [0.3, 0.4) is 0 Å². The number of halogens is 1. The van der Waals surface area contributed by atoms with E-state index < -0.39 is 17.8 Å². The van der Waals surface area contributed by atoms with Crippen molar-refractivity contribution >= 4 is 35.1 Å². The quantitative estimate of drug-likeness (QED) is 0.644. The van der Waals surface area contributed by atoms with Crippen molar-refractivity contribution in [1.82, 2.24) is 4.90 Å². The molecule has 0 spiro atoms. The third-order valence-electron chi connectivity index (χ3n) is 3.42. The molecule has 9 heteroatoms. The number of carboxylic acid groups (broad SMARTS) is 1. The summed E-state index contributed by atoms with van der Waals surface area (Å²) in [6.07, 6.45) is 0. The Kier molecular flexibility index (Phi) is 5.42. The van der Waals surface area contributed by atoms with E-state index in [1.165, 1.54) is 30.2 Å². The fraction of sp³-hybridized carbons (Fsp3) is 0.267. The van der Waals surface area contributed by atoms with E-state index in [2.05, 4.69) is 10.1 Å².